The molecule has 0 amide bonds. The first-order valence-corrected chi connectivity index (χ1v) is 7.29. The molecule has 0 spiro atoms. The van der Waals surface area contributed by atoms with Gasteiger partial charge in [-0.1, -0.05) is 0 Å². The first-order chi connectivity index (χ1) is 8.86. The fourth-order valence-electron chi connectivity index (χ4n) is 2.04. The predicted octanol–water partition coefficient (Wildman–Crippen LogP) is 0.728. The Hall–Kier alpha value is -1.49. The summed E-state index contributed by atoms with van der Waals surface area (Å²) in [5, 5.41) is 11.8. The Balaban J connectivity index is 2.32. The second kappa shape index (κ2) is 4.89. The van der Waals surface area contributed by atoms with Crippen molar-refractivity contribution < 1.29 is 12.8 Å². The highest BCUT2D eigenvalue weighted by atomic mass is 32.2. The standard InChI is InChI=1S/C12H14FN3O2S/c1-12(4-5-15-8-12)16-19(17,18)10-2-3-11(13)9(6-10)7-14/h2-3,6,15-16H,4-5,8H2,1H3. The number of nitrogens with zero attached hydrogens (tertiary/aromatic N) is 1. The van der Waals surface area contributed by atoms with Gasteiger partial charge in [0, 0.05) is 12.1 Å². The second-order valence-corrected chi connectivity index (χ2v) is 6.53. The highest BCUT2D eigenvalue weighted by Crippen LogP contribution is 2.20. The van der Waals surface area contributed by atoms with Crippen LogP contribution in [-0.2, 0) is 10.0 Å². The Labute approximate surface area is 111 Å². The monoisotopic (exact) mass is 283 g/mol. The maximum absolute atomic E-state index is 13.2. The first kappa shape index (κ1) is 13.9. The minimum atomic E-state index is -3.76. The van der Waals surface area contributed by atoms with Crippen molar-refractivity contribution in [2.45, 2.75) is 23.8 Å². The largest absolute Gasteiger partial charge is 0.315 e. The van der Waals surface area contributed by atoms with Crippen LogP contribution in [0.1, 0.15) is 18.9 Å². The molecular weight excluding hydrogens is 269 g/mol. The van der Waals surface area contributed by atoms with Gasteiger partial charge in [0.15, 0.2) is 0 Å². The molecule has 1 atom stereocenters. The minimum Gasteiger partial charge on any atom is -0.315 e. The number of nitrogens with one attached hydrogen (secondary N) is 2. The number of hydrogen-bond donors (Lipinski definition) is 2. The average Bonchev–Trinajstić information content (AvgIpc) is 2.75. The van der Waals surface area contributed by atoms with E-state index in [2.05, 4.69) is 10.0 Å². The number of sulfonamides is 1. The lowest BCUT2D eigenvalue weighted by atomic mass is 10.0. The normalized spacial score (nSPS) is 23.2. The molecule has 1 unspecified atom stereocenters. The fourth-order valence-corrected chi connectivity index (χ4v) is 3.51. The quantitative estimate of drug-likeness (QED) is 0.856. The SMILES string of the molecule is CC1(NS(=O)(=O)c2ccc(F)c(C#N)c2)CCNC1. The summed E-state index contributed by atoms with van der Waals surface area (Å²) in [6.45, 7) is 3.09. The lowest BCUT2D eigenvalue weighted by Crippen LogP contribution is -2.47. The van der Waals surface area contributed by atoms with Crippen LogP contribution in [0.25, 0.3) is 0 Å². The second-order valence-electron chi connectivity index (χ2n) is 4.85. The lowest BCUT2D eigenvalue weighted by molar-refractivity contribution is 0.452. The maximum atomic E-state index is 13.2. The fraction of sp³-hybridized carbons (Fsp3) is 0.417. The molecule has 0 radical (unpaired) electrons. The van der Waals surface area contributed by atoms with E-state index in [1.165, 1.54) is 0 Å². The third-order valence-corrected chi connectivity index (χ3v) is 4.75. The van der Waals surface area contributed by atoms with Gasteiger partial charge in [0.1, 0.15) is 11.9 Å². The van der Waals surface area contributed by atoms with Crippen LogP contribution in [0.15, 0.2) is 23.1 Å². The molecule has 0 saturated carbocycles. The van der Waals surface area contributed by atoms with E-state index in [9.17, 15) is 12.8 Å². The van der Waals surface area contributed by atoms with Gasteiger partial charge in [-0.15, -0.1) is 0 Å². The number of benzene rings is 1. The zero-order chi connectivity index (χ0) is 14.1. The molecule has 2 rings (SSSR count). The van der Waals surface area contributed by atoms with Crippen LogP contribution >= 0.6 is 0 Å². The van der Waals surface area contributed by atoms with Crippen molar-refractivity contribution in [2.24, 2.45) is 0 Å². The molecule has 5 nitrogen and oxygen atoms in total. The van der Waals surface area contributed by atoms with Crippen molar-refractivity contribution in [3.8, 4) is 6.07 Å². The number of nitriles is 1. The van der Waals surface area contributed by atoms with E-state index in [-0.39, 0.29) is 10.5 Å². The van der Waals surface area contributed by atoms with Crippen LogP contribution in [0.5, 0.6) is 0 Å². The van der Waals surface area contributed by atoms with Gasteiger partial charge in [0.2, 0.25) is 10.0 Å². The molecule has 19 heavy (non-hydrogen) atoms. The highest BCUT2D eigenvalue weighted by molar-refractivity contribution is 7.89. The molecular formula is C12H14FN3O2S. The van der Waals surface area contributed by atoms with E-state index in [0.717, 1.165) is 24.7 Å². The topological polar surface area (TPSA) is 82.0 Å². The molecule has 1 aromatic rings. The highest BCUT2D eigenvalue weighted by Gasteiger charge is 2.33. The summed E-state index contributed by atoms with van der Waals surface area (Å²) >= 11 is 0. The van der Waals surface area contributed by atoms with Crippen LogP contribution in [0.4, 0.5) is 4.39 Å². The van der Waals surface area contributed by atoms with Crippen LogP contribution in [0.3, 0.4) is 0 Å². The van der Waals surface area contributed by atoms with Gasteiger partial charge >= 0.3 is 0 Å². The zero-order valence-electron chi connectivity index (χ0n) is 10.4. The summed E-state index contributed by atoms with van der Waals surface area (Å²) in [7, 11) is -3.76. The molecule has 0 aliphatic carbocycles. The molecule has 1 heterocycles. The Morgan fingerprint density at radius 1 is 1.53 bits per heavy atom. The van der Waals surface area contributed by atoms with Crippen LogP contribution in [0, 0.1) is 17.1 Å². The molecule has 0 bridgehead atoms. The van der Waals surface area contributed by atoms with Crippen molar-refractivity contribution in [1.29, 1.82) is 5.26 Å². The van der Waals surface area contributed by atoms with Gasteiger partial charge < -0.3 is 5.32 Å². The maximum Gasteiger partial charge on any atom is 0.241 e. The average molecular weight is 283 g/mol. The molecule has 1 aromatic carbocycles. The van der Waals surface area contributed by atoms with E-state index >= 15 is 0 Å². The summed E-state index contributed by atoms with van der Waals surface area (Å²) < 4.78 is 40.2. The van der Waals surface area contributed by atoms with Crippen molar-refractivity contribution in [2.75, 3.05) is 13.1 Å². The molecule has 1 saturated heterocycles. The van der Waals surface area contributed by atoms with Gasteiger partial charge in [-0.2, -0.15) is 5.26 Å². The van der Waals surface area contributed by atoms with E-state index in [1.807, 2.05) is 0 Å². The lowest BCUT2D eigenvalue weighted by Gasteiger charge is -2.24. The summed E-state index contributed by atoms with van der Waals surface area (Å²) in [6.07, 6.45) is 0.679. The number of rotatable bonds is 3. The molecule has 1 aliphatic rings. The van der Waals surface area contributed by atoms with E-state index < -0.39 is 21.4 Å². The molecule has 7 heteroatoms. The summed E-state index contributed by atoms with van der Waals surface area (Å²) in [4.78, 5) is -0.0985. The van der Waals surface area contributed by atoms with Gasteiger partial charge in [-0.3, -0.25) is 0 Å². The van der Waals surface area contributed by atoms with Crippen molar-refractivity contribution in [3.63, 3.8) is 0 Å². The minimum absolute atomic E-state index is 0.0985. The third kappa shape index (κ3) is 2.92. The van der Waals surface area contributed by atoms with Crippen molar-refractivity contribution in [3.05, 3.63) is 29.6 Å². The molecule has 0 aromatic heterocycles. The summed E-state index contributed by atoms with van der Waals surface area (Å²) in [5.74, 6) is -0.727. The van der Waals surface area contributed by atoms with E-state index in [1.54, 1.807) is 13.0 Å². The Bertz CT molecular complexity index is 631. The molecule has 1 fully saturated rings. The Morgan fingerprint density at radius 2 is 2.26 bits per heavy atom. The van der Waals surface area contributed by atoms with Crippen molar-refractivity contribution >= 4 is 10.0 Å². The van der Waals surface area contributed by atoms with Crippen LogP contribution in [-0.4, -0.2) is 27.0 Å². The van der Waals surface area contributed by atoms with Gasteiger partial charge in [0.25, 0.3) is 0 Å². The van der Waals surface area contributed by atoms with Crippen LogP contribution < -0.4 is 10.0 Å². The molecule has 2 N–H and O–H groups in total. The number of hydrogen-bond acceptors (Lipinski definition) is 4. The van der Waals surface area contributed by atoms with Gasteiger partial charge in [0.05, 0.1) is 10.5 Å². The van der Waals surface area contributed by atoms with Gasteiger partial charge in [-0.05, 0) is 38.1 Å². The van der Waals surface area contributed by atoms with Gasteiger partial charge in [-0.25, -0.2) is 17.5 Å². The summed E-state index contributed by atoms with van der Waals surface area (Å²) in [6, 6.07) is 4.82. The predicted molar refractivity (Wildman–Crippen MR) is 67.3 cm³/mol. The Kier molecular flexibility index (Phi) is 3.58. The number of halogens is 1. The molecule has 102 valence electrons. The van der Waals surface area contributed by atoms with E-state index in [0.29, 0.717) is 13.0 Å². The van der Waals surface area contributed by atoms with E-state index in [4.69, 9.17) is 5.26 Å². The molecule has 1 aliphatic heterocycles. The van der Waals surface area contributed by atoms with Crippen LogP contribution in [0.2, 0.25) is 0 Å². The summed E-state index contributed by atoms with van der Waals surface area (Å²) in [5.41, 5.74) is -0.836. The zero-order valence-corrected chi connectivity index (χ0v) is 11.2. The first-order valence-electron chi connectivity index (χ1n) is 5.81. The van der Waals surface area contributed by atoms with Crippen molar-refractivity contribution in [1.82, 2.24) is 10.0 Å². The Morgan fingerprint density at radius 3 is 2.84 bits per heavy atom. The smallest absolute Gasteiger partial charge is 0.241 e. The third-order valence-electron chi connectivity index (χ3n) is 3.12.